The maximum atomic E-state index is 13.1. The molecule has 2 aromatic rings. The molecule has 0 unspecified atom stereocenters. The van der Waals surface area contributed by atoms with E-state index in [4.69, 9.17) is 11.6 Å². The van der Waals surface area contributed by atoms with Crippen molar-refractivity contribution < 1.29 is 4.39 Å². The normalized spacial score (nSPS) is 11.7. The third kappa shape index (κ3) is 2.68. The van der Waals surface area contributed by atoms with Gasteiger partial charge in [0.1, 0.15) is 16.8 Å². The Morgan fingerprint density at radius 3 is 2.25 bits per heavy atom. The first-order valence-corrected chi connectivity index (χ1v) is 7.03. The van der Waals surface area contributed by atoms with Crippen molar-refractivity contribution in [1.82, 2.24) is 9.97 Å². The van der Waals surface area contributed by atoms with Crippen molar-refractivity contribution in [1.29, 1.82) is 0 Å². The van der Waals surface area contributed by atoms with Crippen LogP contribution in [0.4, 0.5) is 4.39 Å². The SMILES string of the molecule is CCc1c(C)nc(C(C)(C)c2ccc(F)cc2)nc1Cl. The van der Waals surface area contributed by atoms with Crippen LogP contribution in [0.2, 0.25) is 5.15 Å². The van der Waals surface area contributed by atoms with Crippen LogP contribution in [0.25, 0.3) is 0 Å². The molecule has 106 valence electrons. The van der Waals surface area contributed by atoms with Crippen molar-refractivity contribution in [3.8, 4) is 0 Å². The number of halogens is 2. The third-order valence-corrected chi connectivity index (χ3v) is 3.95. The van der Waals surface area contributed by atoms with Crippen LogP contribution in [0, 0.1) is 12.7 Å². The third-order valence-electron chi connectivity index (χ3n) is 3.64. The van der Waals surface area contributed by atoms with E-state index in [0.29, 0.717) is 11.0 Å². The molecule has 4 heteroatoms. The van der Waals surface area contributed by atoms with Crippen LogP contribution >= 0.6 is 11.6 Å². The maximum absolute atomic E-state index is 13.1. The largest absolute Gasteiger partial charge is 0.237 e. The maximum Gasteiger partial charge on any atom is 0.140 e. The summed E-state index contributed by atoms with van der Waals surface area (Å²) >= 11 is 6.24. The van der Waals surface area contributed by atoms with Gasteiger partial charge < -0.3 is 0 Å². The summed E-state index contributed by atoms with van der Waals surface area (Å²) in [6.45, 7) is 7.99. The van der Waals surface area contributed by atoms with Gasteiger partial charge >= 0.3 is 0 Å². The number of rotatable bonds is 3. The van der Waals surface area contributed by atoms with Gasteiger partial charge in [0, 0.05) is 16.7 Å². The first-order chi connectivity index (χ1) is 9.36. The smallest absolute Gasteiger partial charge is 0.140 e. The summed E-state index contributed by atoms with van der Waals surface area (Å²) in [7, 11) is 0. The van der Waals surface area contributed by atoms with Gasteiger partial charge in [0.25, 0.3) is 0 Å². The van der Waals surface area contributed by atoms with E-state index in [-0.39, 0.29) is 5.82 Å². The van der Waals surface area contributed by atoms with Gasteiger partial charge in [-0.25, -0.2) is 14.4 Å². The molecule has 1 aromatic heterocycles. The average Bonchev–Trinajstić information content (AvgIpc) is 2.38. The predicted octanol–water partition coefficient (Wildman–Crippen LogP) is 4.47. The Kier molecular flexibility index (Phi) is 4.09. The summed E-state index contributed by atoms with van der Waals surface area (Å²) < 4.78 is 13.1. The number of hydrogen-bond donors (Lipinski definition) is 0. The van der Waals surface area contributed by atoms with Gasteiger partial charge in [-0.3, -0.25) is 0 Å². The lowest BCUT2D eigenvalue weighted by Gasteiger charge is -2.24. The highest BCUT2D eigenvalue weighted by Crippen LogP contribution is 2.31. The Balaban J connectivity index is 2.51. The summed E-state index contributed by atoms with van der Waals surface area (Å²) in [5, 5.41) is 0.505. The van der Waals surface area contributed by atoms with Crippen molar-refractivity contribution in [3.63, 3.8) is 0 Å². The van der Waals surface area contributed by atoms with Gasteiger partial charge in [0.15, 0.2) is 0 Å². The topological polar surface area (TPSA) is 25.8 Å². The van der Waals surface area contributed by atoms with Crippen molar-refractivity contribution in [3.05, 3.63) is 57.9 Å². The van der Waals surface area contributed by atoms with Crippen LogP contribution in [0.15, 0.2) is 24.3 Å². The minimum Gasteiger partial charge on any atom is -0.237 e. The second-order valence-electron chi connectivity index (χ2n) is 5.39. The molecule has 0 spiro atoms. The van der Waals surface area contributed by atoms with Crippen LogP contribution in [-0.4, -0.2) is 9.97 Å². The standard InChI is InChI=1S/C16H18ClFN2/c1-5-13-10(2)19-15(20-14(13)17)16(3,4)11-6-8-12(18)9-7-11/h6-9H,5H2,1-4H3. The Morgan fingerprint density at radius 2 is 1.75 bits per heavy atom. The number of benzene rings is 1. The molecule has 2 rings (SSSR count). The molecule has 0 saturated carbocycles. The highest BCUT2D eigenvalue weighted by molar-refractivity contribution is 6.30. The lowest BCUT2D eigenvalue weighted by Crippen LogP contribution is -2.23. The zero-order valence-electron chi connectivity index (χ0n) is 12.2. The van der Waals surface area contributed by atoms with Crippen LogP contribution < -0.4 is 0 Å². The number of aromatic nitrogens is 2. The molecule has 0 saturated heterocycles. The molecule has 1 aromatic carbocycles. The summed E-state index contributed by atoms with van der Waals surface area (Å²) in [5.74, 6) is 0.407. The van der Waals surface area contributed by atoms with Crippen molar-refractivity contribution >= 4 is 11.6 Å². The van der Waals surface area contributed by atoms with E-state index in [2.05, 4.69) is 9.97 Å². The molecule has 0 atom stereocenters. The Hall–Kier alpha value is -1.48. The van der Waals surface area contributed by atoms with E-state index < -0.39 is 5.41 Å². The van der Waals surface area contributed by atoms with E-state index >= 15 is 0 Å². The van der Waals surface area contributed by atoms with Crippen LogP contribution in [0.3, 0.4) is 0 Å². The summed E-state index contributed by atoms with van der Waals surface area (Å²) in [4.78, 5) is 9.02. The molecule has 1 heterocycles. The summed E-state index contributed by atoms with van der Waals surface area (Å²) in [6, 6.07) is 6.42. The molecular formula is C16H18ClFN2. The van der Waals surface area contributed by atoms with Gasteiger partial charge in [0.05, 0.1) is 0 Å². The molecule has 0 aliphatic heterocycles. The van der Waals surface area contributed by atoms with Gasteiger partial charge in [-0.2, -0.15) is 0 Å². The zero-order chi connectivity index (χ0) is 14.9. The second-order valence-corrected chi connectivity index (χ2v) is 5.75. The quantitative estimate of drug-likeness (QED) is 0.780. The Labute approximate surface area is 124 Å². The van der Waals surface area contributed by atoms with Gasteiger partial charge in [-0.1, -0.05) is 30.7 Å². The number of nitrogens with zero attached hydrogens (tertiary/aromatic N) is 2. The fourth-order valence-electron chi connectivity index (χ4n) is 2.24. The Bertz CT molecular complexity index is 598. The first-order valence-electron chi connectivity index (χ1n) is 6.65. The molecule has 0 radical (unpaired) electrons. The fourth-order valence-corrected chi connectivity index (χ4v) is 2.59. The van der Waals surface area contributed by atoms with Crippen molar-refractivity contribution in [2.45, 2.75) is 39.5 Å². The van der Waals surface area contributed by atoms with E-state index in [1.165, 1.54) is 12.1 Å². The molecule has 0 fully saturated rings. The summed E-state index contributed by atoms with van der Waals surface area (Å²) in [5.41, 5.74) is 2.41. The molecule has 2 nitrogen and oxygen atoms in total. The molecule has 20 heavy (non-hydrogen) atoms. The van der Waals surface area contributed by atoms with E-state index in [1.54, 1.807) is 12.1 Å². The van der Waals surface area contributed by atoms with E-state index in [9.17, 15) is 4.39 Å². The van der Waals surface area contributed by atoms with Gasteiger partial charge in [-0.05, 0) is 44.9 Å². The van der Waals surface area contributed by atoms with Crippen LogP contribution in [0.1, 0.15) is 43.4 Å². The minimum atomic E-state index is -0.422. The monoisotopic (exact) mass is 292 g/mol. The van der Waals surface area contributed by atoms with Crippen molar-refractivity contribution in [2.75, 3.05) is 0 Å². The lowest BCUT2D eigenvalue weighted by molar-refractivity contribution is 0.579. The average molecular weight is 293 g/mol. The van der Waals surface area contributed by atoms with Crippen molar-refractivity contribution in [2.24, 2.45) is 0 Å². The Morgan fingerprint density at radius 1 is 1.15 bits per heavy atom. The van der Waals surface area contributed by atoms with E-state index in [0.717, 1.165) is 23.2 Å². The van der Waals surface area contributed by atoms with Gasteiger partial charge in [-0.15, -0.1) is 0 Å². The zero-order valence-corrected chi connectivity index (χ0v) is 12.9. The first kappa shape index (κ1) is 14.9. The second kappa shape index (κ2) is 5.49. The summed E-state index contributed by atoms with van der Waals surface area (Å²) in [6.07, 6.45) is 0.807. The van der Waals surface area contributed by atoms with E-state index in [1.807, 2.05) is 27.7 Å². The number of hydrogen-bond acceptors (Lipinski definition) is 2. The highest BCUT2D eigenvalue weighted by atomic mass is 35.5. The fraction of sp³-hybridized carbons (Fsp3) is 0.375. The predicted molar refractivity (Wildman–Crippen MR) is 79.7 cm³/mol. The lowest BCUT2D eigenvalue weighted by atomic mass is 9.83. The number of aryl methyl sites for hydroxylation is 1. The van der Waals surface area contributed by atoms with Crippen LogP contribution in [-0.2, 0) is 11.8 Å². The van der Waals surface area contributed by atoms with Crippen LogP contribution in [0.5, 0.6) is 0 Å². The van der Waals surface area contributed by atoms with Gasteiger partial charge in [0.2, 0.25) is 0 Å². The minimum absolute atomic E-state index is 0.249. The molecule has 0 aliphatic carbocycles. The highest BCUT2D eigenvalue weighted by Gasteiger charge is 2.27. The molecule has 0 aliphatic rings. The molecule has 0 N–H and O–H groups in total. The molecular weight excluding hydrogens is 275 g/mol. The molecule has 0 amide bonds. The molecule has 0 bridgehead atoms.